The highest BCUT2D eigenvalue weighted by Crippen LogP contribution is 2.33. The third-order valence-corrected chi connectivity index (χ3v) is 4.18. The fourth-order valence-electron chi connectivity index (χ4n) is 2.73. The first kappa shape index (κ1) is 14.6. The Morgan fingerprint density at radius 1 is 1.36 bits per heavy atom. The molecule has 1 saturated heterocycles. The average Bonchev–Trinajstić information content (AvgIpc) is 2.87. The lowest BCUT2D eigenvalue weighted by Gasteiger charge is -2.26. The van der Waals surface area contributed by atoms with Gasteiger partial charge in [-0.05, 0) is 24.6 Å². The normalized spacial score (nSPS) is 23.4. The molecule has 7 nitrogen and oxygen atoms in total. The number of nitrogens with zero attached hydrogens (tertiary/aromatic N) is 1. The number of nitrogens with one attached hydrogen (secondary N) is 2. The Kier molecular flexibility index (Phi) is 3.25. The molecule has 0 spiro atoms. The van der Waals surface area contributed by atoms with Crippen LogP contribution in [0.15, 0.2) is 12.1 Å². The molecule has 2 heterocycles. The molecule has 2 N–H and O–H groups in total. The summed E-state index contributed by atoms with van der Waals surface area (Å²) in [6.45, 7) is 2.00. The number of halogens is 1. The first-order chi connectivity index (χ1) is 10.3. The summed E-state index contributed by atoms with van der Waals surface area (Å²) in [5, 5.41) is 5.08. The van der Waals surface area contributed by atoms with Crippen LogP contribution in [-0.2, 0) is 11.3 Å². The van der Waals surface area contributed by atoms with Gasteiger partial charge in [-0.3, -0.25) is 14.9 Å². The summed E-state index contributed by atoms with van der Waals surface area (Å²) in [4.78, 5) is 37.1. The van der Waals surface area contributed by atoms with Gasteiger partial charge in [-0.15, -0.1) is 0 Å². The van der Waals surface area contributed by atoms with Crippen molar-refractivity contribution in [2.24, 2.45) is 0 Å². The van der Waals surface area contributed by atoms with Gasteiger partial charge in [0.25, 0.3) is 11.8 Å². The SMILES string of the molecule is COc1cc2c(cc1Cl)C(=O)N(C[C@]1(C)NC(=O)NC1=O)C2. The summed E-state index contributed by atoms with van der Waals surface area (Å²) in [7, 11) is 1.50. The molecule has 0 radical (unpaired) electrons. The molecule has 3 rings (SSSR count). The Morgan fingerprint density at radius 2 is 2.09 bits per heavy atom. The van der Waals surface area contributed by atoms with Crippen LogP contribution >= 0.6 is 11.6 Å². The van der Waals surface area contributed by atoms with E-state index in [0.717, 1.165) is 5.56 Å². The smallest absolute Gasteiger partial charge is 0.322 e. The second-order valence-electron chi connectivity index (χ2n) is 5.55. The number of rotatable bonds is 3. The van der Waals surface area contributed by atoms with Crippen molar-refractivity contribution in [3.63, 3.8) is 0 Å². The third-order valence-electron chi connectivity index (χ3n) is 3.88. The van der Waals surface area contributed by atoms with Crippen LogP contribution in [0, 0.1) is 0 Å². The van der Waals surface area contributed by atoms with Crippen molar-refractivity contribution in [1.82, 2.24) is 15.5 Å². The lowest BCUT2D eigenvalue weighted by atomic mass is 10.0. The number of benzene rings is 1. The number of carbonyl (C=O) groups excluding carboxylic acids is 3. The predicted octanol–water partition coefficient (Wildman–Crippen LogP) is 0.902. The number of hydrogen-bond donors (Lipinski definition) is 2. The quantitative estimate of drug-likeness (QED) is 0.809. The van der Waals surface area contributed by atoms with Crippen LogP contribution in [0.2, 0.25) is 5.02 Å². The molecule has 0 unspecified atom stereocenters. The fraction of sp³-hybridized carbons (Fsp3) is 0.357. The van der Waals surface area contributed by atoms with Crippen LogP contribution in [0.4, 0.5) is 4.79 Å². The fourth-order valence-corrected chi connectivity index (χ4v) is 2.97. The maximum absolute atomic E-state index is 12.4. The zero-order valence-corrected chi connectivity index (χ0v) is 12.8. The maximum Gasteiger partial charge on any atom is 0.322 e. The predicted molar refractivity (Wildman–Crippen MR) is 77.8 cm³/mol. The van der Waals surface area contributed by atoms with Gasteiger partial charge in [0.1, 0.15) is 11.3 Å². The lowest BCUT2D eigenvalue weighted by molar-refractivity contribution is -0.123. The molecule has 8 heteroatoms. The van der Waals surface area contributed by atoms with E-state index >= 15 is 0 Å². The minimum atomic E-state index is -1.14. The Morgan fingerprint density at radius 3 is 2.68 bits per heavy atom. The molecule has 1 aromatic carbocycles. The summed E-state index contributed by atoms with van der Waals surface area (Å²) >= 11 is 6.04. The van der Waals surface area contributed by atoms with Gasteiger partial charge in [0, 0.05) is 12.1 Å². The average molecular weight is 324 g/mol. The van der Waals surface area contributed by atoms with E-state index < -0.39 is 17.5 Å². The highest BCUT2D eigenvalue weighted by molar-refractivity contribution is 6.32. The van der Waals surface area contributed by atoms with Gasteiger partial charge < -0.3 is 15.0 Å². The van der Waals surface area contributed by atoms with E-state index in [2.05, 4.69) is 10.6 Å². The number of amides is 4. The molecule has 22 heavy (non-hydrogen) atoms. The van der Waals surface area contributed by atoms with Gasteiger partial charge in [0.05, 0.1) is 18.7 Å². The summed E-state index contributed by atoms with van der Waals surface area (Å²) < 4.78 is 5.14. The number of carbonyl (C=O) groups is 3. The summed E-state index contributed by atoms with van der Waals surface area (Å²) in [5.41, 5.74) is 0.126. The molecule has 2 aliphatic heterocycles. The van der Waals surface area contributed by atoms with Crippen molar-refractivity contribution in [1.29, 1.82) is 0 Å². The molecule has 0 bridgehead atoms. The molecule has 0 saturated carbocycles. The van der Waals surface area contributed by atoms with Gasteiger partial charge in [-0.1, -0.05) is 11.6 Å². The van der Waals surface area contributed by atoms with Gasteiger partial charge in [-0.2, -0.15) is 0 Å². The van der Waals surface area contributed by atoms with E-state index in [1.54, 1.807) is 19.1 Å². The van der Waals surface area contributed by atoms with Crippen LogP contribution in [0.5, 0.6) is 5.75 Å². The first-order valence-corrected chi connectivity index (χ1v) is 7.01. The van der Waals surface area contributed by atoms with Gasteiger partial charge >= 0.3 is 6.03 Å². The molecule has 0 aliphatic carbocycles. The van der Waals surface area contributed by atoms with E-state index in [4.69, 9.17) is 16.3 Å². The largest absolute Gasteiger partial charge is 0.495 e. The zero-order valence-electron chi connectivity index (χ0n) is 12.0. The van der Waals surface area contributed by atoms with Crippen molar-refractivity contribution < 1.29 is 19.1 Å². The van der Waals surface area contributed by atoms with Gasteiger partial charge in [-0.25, -0.2) is 4.79 Å². The van der Waals surface area contributed by atoms with Crippen LogP contribution in [0.1, 0.15) is 22.8 Å². The van der Waals surface area contributed by atoms with Crippen molar-refractivity contribution >= 4 is 29.4 Å². The standard InChI is InChI=1S/C14H14ClN3O4/c1-14(12(20)16-13(21)17-14)6-18-5-7-3-10(22-2)9(15)4-8(7)11(18)19/h3-4H,5-6H2,1-2H3,(H2,16,17,20,21)/t14-/m0/s1. The van der Waals surface area contributed by atoms with Gasteiger partial charge in [0.15, 0.2) is 0 Å². The maximum atomic E-state index is 12.4. The molecule has 0 aromatic heterocycles. The Labute approximate surface area is 131 Å². The van der Waals surface area contributed by atoms with E-state index in [1.807, 2.05) is 0 Å². The molecule has 116 valence electrons. The summed E-state index contributed by atoms with van der Waals surface area (Å²) in [5.74, 6) is -0.181. The highest BCUT2D eigenvalue weighted by atomic mass is 35.5. The number of methoxy groups -OCH3 is 1. The third kappa shape index (κ3) is 2.18. The molecule has 1 fully saturated rings. The van der Waals surface area contributed by atoms with E-state index in [-0.39, 0.29) is 12.5 Å². The lowest BCUT2D eigenvalue weighted by Crippen LogP contribution is -2.52. The van der Waals surface area contributed by atoms with Crippen LogP contribution in [0.25, 0.3) is 0 Å². The Hall–Kier alpha value is -2.28. The minimum Gasteiger partial charge on any atom is -0.495 e. The van der Waals surface area contributed by atoms with Gasteiger partial charge in [0.2, 0.25) is 0 Å². The second-order valence-corrected chi connectivity index (χ2v) is 5.95. The van der Waals surface area contributed by atoms with E-state index in [9.17, 15) is 14.4 Å². The highest BCUT2D eigenvalue weighted by Gasteiger charge is 2.45. The molecule has 2 aliphatic rings. The van der Waals surface area contributed by atoms with Crippen molar-refractivity contribution in [3.8, 4) is 5.75 Å². The Balaban J connectivity index is 1.85. The number of ether oxygens (including phenoxy) is 1. The van der Waals surface area contributed by atoms with Crippen LogP contribution in [0.3, 0.4) is 0 Å². The van der Waals surface area contributed by atoms with Crippen LogP contribution in [-0.4, -0.2) is 41.9 Å². The molecular weight excluding hydrogens is 310 g/mol. The Bertz CT molecular complexity index is 706. The number of fused-ring (bicyclic) bond motifs is 1. The number of urea groups is 1. The first-order valence-electron chi connectivity index (χ1n) is 6.63. The van der Waals surface area contributed by atoms with Crippen LogP contribution < -0.4 is 15.4 Å². The second kappa shape index (κ2) is 4.88. The number of hydrogen-bond acceptors (Lipinski definition) is 4. The van der Waals surface area contributed by atoms with Crippen molar-refractivity contribution in [3.05, 3.63) is 28.3 Å². The topological polar surface area (TPSA) is 87.7 Å². The molecule has 4 amide bonds. The molecule has 1 aromatic rings. The van der Waals surface area contributed by atoms with Crippen molar-refractivity contribution in [2.75, 3.05) is 13.7 Å². The minimum absolute atomic E-state index is 0.0814. The molecular formula is C14H14ClN3O4. The number of imide groups is 1. The molecule has 1 atom stereocenters. The summed E-state index contributed by atoms with van der Waals surface area (Å²) in [6, 6.07) is 2.72. The zero-order chi connectivity index (χ0) is 16.1. The van der Waals surface area contributed by atoms with E-state index in [1.165, 1.54) is 12.0 Å². The van der Waals surface area contributed by atoms with Crippen molar-refractivity contribution in [2.45, 2.75) is 19.0 Å². The summed E-state index contributed by atoms with van der Waals surface area (Å²) in [6.07, 6.45) is 0. The van der Waals surface area contributed by atoms with E-state index in [0.29, 0.717) is 22.9 Å². The monoisotopic (exact) mass is 323 g/mol.